The van der Waals surface area contributed by atoms with Crippen LogP contribution in [-0.4, -0.2) is 33.3 Å². The fourth-order valence-corrected chi connectivity index (χ4v) is 2.72. The SMILES string of the molecule is CC(C)N1CC[C@@H](N)[C@@H]1c1cnn(C(C)(C)C)c1. The third kappa shape index (κ3) is 2.45. The van der Waals surface area contributed by atoms with Crippen molar-refractivity contribution in [3.05, 3.63) is 18.0 Å². The van der Waals surface area contributed by atoms with Crippen molar-refractivity contribution in [1.29, 1.82) is 0 Å². The minimum absolute atomic E-state index is 0.0314. The Hall–Kier alpha value is -0.870. The molecule has 4 nitrogen and oxygen atoms in total. The third-order valence-corrected chi connectivity index (χ3v) is 3.78. The Morgan fingerprint density at radius 2 is 2.06 bits per heavy atom. The molecule has 2 heterocycles. The van der Waals surface area contributed by atoms with E-state index in [0.29, 0.717) is 12.1 Å². The summed E-state index contributed by atoms with van der Waals surface area (Å²) < 4.78 is 2.03. The van der Waals surface area contributed by atoms with Gasteiger partial charge in [-0.05, 0) is 41.0 Å². The van der Waals surface area contributed by atoms with Crippen molar-refractivity contribution in [3.8, 4) is 0 Å². The van der Waals surface area contributed by atoms with E-state index >= 15 is 0 Å². The molecule has 1 aliphatic rings. The highest BCUT2D eigenvalue weighted by Gasteiger charge is 2.35. The summed E-state index contributed by atoms with van der Waals surface area (Å²) in [5.41, 5.74) is 7.56. The first-order valence-corrected chi connectivity index (χ1v) is 6.87. The first-order valence-electron chi connectivity index (χ1n) is 6.87. The predicted molar refractivity (Wildman–Crippen MR) is 74.4 cm³/mol. The van der Waals surface area contributed by atoms with Crippen LogP contribution in [0.3, 0.4) is 0 Å². The van der Waals surface area contributed by atoms with E-state index in [0.717, 1.165) is 13.0 Å². The maximum Gasteiger partial charge on any atom is 0.0543 e. The Kier molecular flexibility index (Phi) is 3.52. The van der Waals surface area contributed by atoms with E-state index in [9.17, 15) is 0 Å². The van der Waals surface area contributed by atoms with E-state index in [1.807, 2.05) is 10.9 Å². The fraction of sp³-hybridized carbons (Fsp3) is 0.786. The Bertz CT molecular complexity index is 402. The number of nitrogens with two attached hydrogens (primary N) is 1. The molecule has 18 heavy (non-hydrogen) atoms. The number of nitrogens with zero attached hydrogens (tertiary/aromatic N) is 3. The molecule has 0 saturated carbocycles. The van der Waals surface area contributed by atoms with Crippen LogP contribution in [0.25, 0.3) is 0 Å². The van der Waals surface area contributed by atoms with Crippen LogP contribution < -0.4 is 5.73 Å². The zero-order chi connectivity index (χ0) is 13.5. The average molecular weight is 250 g/mol. The summed E-state index contributed by atoms with van der Waals surface area (Å²) >= 11 is 0. The van der Waals surface area contributed by atoms with Gasteiger partial charge < -0.3 is 5.73 Å². The van der Waals surface area contributed by atoms with Gasteiger partial charge in [-0.3, -0.25) is 9.58 Å². The lowest BCUT2D eigenvalue weighted by Crippen LogP contribution is -2.35. The molecule has 4 heteroatoms. The van der Waals surface area contributed by atoms with Gasteiger partial charge in [0.25, 0.3) is 0 Å². The van der Waals surface area contributed by atoms with E-state index in [-0.39, 0.29) is 11.6 Å². The Morgan fingerprint density at radius 3 is 2.56 bits per heavy atom. The molecule has 1 aliphatic heterocycles. The topological polar surface area (TPSA) is 47.1 Å². The van der Waals surface area contributed by atoms with Crippen molar-refractivity contribution in [2.24, 2.45) is 5.73 Å². The first kappa shape index (κ1) is 13.6. The number of hydrogen-bond acceptors (Lipinski definition) is 3. The molecule has 1 saturated heterocycles. The second-order valence-electron chi connectivity index (χ2n) is 6.62. The summed E-state index contributed by atoms with van der Waals surface area (Å²) in [7, 11) is 0. The lowest BCUT2D eigenvalue weighted by Gasteiger charge is -2.29. The molecule has 1 aromatic heterocycles. The van der Waals surface area contributed by atoms with Crippen molar-refractivity contribution in [2.75, 3.05) is 6.54 Å². The molecule has 1 aromatic rings. The van der Waals surface area contributed by atoms with Gasteiger partial charge >= 0.3 is 0 Å². The molecule has 0 aromatic carbocycles. The van der Waals surface area contributed by atoms with Gasteiger partial charge in [0, 0.05) is 30.4 Å². The van der Waals surface area contributed by atoms with Gasteiger partial charge in [-0.25, -0.2) is 0 Å². The van der Waals surface area contributed by atoms with Gasteiger partial charge in [-0.2, -0.15) is 5.10 Å². The van der Waals surface area contributed by atoms with Gasteiger partial charge in [-0.15, -0.1) is 0 Å². The van der Waals surface area contributed by atoms with Crippen LogP contribution in [0.5, 0.6) is 0 Å². The van der Waals surface area contributed by atoms with Crippen LogP contribution in [0.2, 0.25) is 0 Å². The zero-order valence-corrected chi connectivity index (χ0v) is 12.2. The fourth-order valence-electron chi connectivity index (χ4n) is 2.72. The van der Waals surface area contributed by atoms with Gasteiger partial charge in [0.05, 0.1) is 17.8 Å². The second-order valence-corrected chi connectivity index (χ2v) is 6.62. The molecule has 0 unspecified atom stereocenters. The number of hydrogen-bond donors (Lipinski definition) is 1. The predicted octanol–water partition coefficient (Wildman–Crippen LogP) is 2.12. The number of aromatic nitrogens is 2. The highest BCUT2D eigenvalue weighted by atomic mass is 15.3. The largest absolute Gasteiger partial charge is 0.326 e. The van der Waals surface area contributed by atoms with Crippen LogP contribution in [0.1, 0.15) is 52.6 Å². The Morgan fingerprint density at radius 1 is 1.39 bits per heavy atom. The minimum Gasteiger partial charge on any atom is -0.326 e. The van der Waals surface area contributed by atoms with Crippen molar-refractivity contribution in [3.63, 3.8) is 0 Å². The minimum atomic E-state index is 0.0314. The third-order valence-electron chi connectivity index (χ3n) is 3.78. The zero-order valence-electron chi connectivity index (χ0n) is 12.2. The monoisotopic (exact) mass is 250 g/mol. The first-order chi connectivity index (χ1) is 8.30. The summed E-state index contributed by atoms with van der Waals surface area (Å²) in [6.45, 7) is 12.1. The number of likely N-dealkylation sites (tertiary alicyclic amines) is 1. The Balaban J connectivity index is 2.27. The molecule has 0 radical (unpaired) electrons. The van der Waals surface area contributed by atoms with Crippen molar-refractivity contribution >= 4 is 0 Å². The molecular formula is C14H26N4. The summed E-state index contributed by atoms with van der Waals surface area (Å²) in [6, 6.07) is 1.08. The van der Waals surface area contributed by atoms with Crippen LogP contribution >= 0.6 is 0 Å². The van der Waals surface area contributed by atoms with E-state index in [4.69, 9.17) is 5.73 Å². The van der Waals surface area contributed by atoms with E-state index in [2.05, 4.69) is 50.8 Å². The summed E-state index contributed by atoms with van der Waals surface area (Å²) in [5, 5.41) is 4.49. The van der Waals surface area contributed by atoms with Crippen LogP contribution in [0.15, 0.2) is 12.4 Å². The average Bonchev–Trinajstić information content (AvgIpc) is 2.81. The van der Waals surface area contributed by atoms with Crippen LogP contribution in [0, 0.1) is 0 Å². The highest BCUT2D eigenvalue weighted by Crippen LogP contribution is 2.33. The molecular weight excluding hydrogens is 224 g/mol. The van der Waals surface area contributed by atoms with Crippen molar-refractivity contribution < 1.29 is 0 Å². The smallest absolute Gasteiger partial charge is 0.0543 e. The summed E-state index contributed by atoms with van der Waals surface area (Å²) in [6.07, 6.45) is 5.21. The molecule has 1 fully saturated rings. The van der Waals surface area contributed by atoms with Crippen molar-refractivity contribution in [2.45, 2.75) is 64.7 Å². The quantitative estimate of drug-likeness (QED) is 0.874. The van der Waals surface area contributed by atoms with Crippen molar-refractivity contribution in [1.82, 2.24) is 14.7 Å². The standard InChI is InChI=1S/C14H26N4/c1-10(2)17-7-6-12(15)13(17)11-8-16-18(9-11)14(3,4)5/h8-10,12-13H,6-7,15H2,1-5H3/t12-,13+/m1/s1. The number of rotatable bonds is 2. The molecule has 0 aliphatic carbocycles. The van der Waals surface area contributed by atoms with Crippen LogP contribution in [0.4, 0.5) is 0 Å². The Labute approximate surface area is 110 Å². The van der Waals surface area contributed by atoms with E-state index < -0.39 is 0 Å². The van der Waals surface area contributed by atoms with Gasteiger partial charge in [0.15, 0.2) is 0 Å². The molecule has 2 N–H and O–H groups in total. The van der Waals surface area contributed by atoms with Gasteiger partial charge in [0.2, 0.25) is 0 Å². The van der Waals surface area contributed by atoms with E-state index in [1.54, 1.807) is 0 Å². The van der Waals surface area contributed by atoms with Crippen LogP contribution in [-0.2, 0) is 5.54 Å². The molecule has 0 spiro atoms. The highest BCUT2D eigenvalue weighted by molar-refractivity contribution is 5.17. The molecule has 0 bridgehead atoms. The lowest BCUT2D eigenvalue weighted by molar-refractivity contribution is 0.198. The van der Waals surface area contributed by atoms with E-state index in [1.165, 1.54) is 5.56 Å². The lowest BCUT2D eigenvalue weighted by atomic mass is 10.0. The normalized spacial score (nSPS) is 26.2. The maximum absolute atomic E-state index is 6.28. The van der Waals surface area contributed by atoms with Gasteiger partial charge in [-0.1, -0.05) is 0 Å². The second kappa shape index (κ2) is 4.67. The molecule has 2 rings (SSSR count). The molecule has 102 valence electrons. The molecule has 0 amide bonds. The molecule has 2 atom stereocenters. The maximum atomic E-state index is 6.28. The van der Waals surface area contributed by atoms with Gasteiger partial charge in [0.1, 0.15) is 0 Å². The summed E-state index contributed by atoms with van der Waals surface area (Å²) in [5.74, 6) is 0. The summed E-state index contributed by atoms with van der Waals surface area (Å²) in [4.78, 5) is 2.48.